The summed E-state index contributed by atoms with van der Waals surface area (Å²) in [5, 5.41) is 11.1. The first-order chi connectivity index (χ1) is 13.6. The Kier molecular flexibility index (Phi) is 5.33. The quantitative estimate of drug-likeness (QED) is 0.546. The van der Waals surface area contributed by atoms with Crippen molar-refractivity contribution in [2.75, 3.05) is 0 Å². The van der Waals surface area contributed by atoms with Crippen LogP contribution in [0.25, 0.3) is 0 Å². The summed E-state index contributed by atoms with van der Waals surface area (Å²) in [5.74, 6) is 1.85. The van der Waals surface area contributed by atoms with Crippen molar-refractivity contribution >= 4 is 11.9 Å². The Hall–Kier alpha value is -1.36. The number of hydrogen-bond acceptors (Lipinski definition) is 5. The first-order valence-electron chi connectivity index (χ1n) is 11.4. The number of carbonyl (C=O) groups excluding carboxylic acids is 2. The lowest BCUT2D eigenvalue weighted by Gasteiger charge is -2.60. The molecule has 162 valence electrons. The predicted octanol–water partition coefficient (Wildman–Crippen LogP) is 4.38. The summed E-state index contributed by atoms with van der Waals surface area (Å²) >= 11 is 0. The molecule has 0 amide bonds. The molecular weight excluding hydrogens is 368 g/mol. The van der Waals surface area contributed by atoms with Crippen LogP contribution in [-0.4, -0.2) is 29.3 Å². The van der Waals surface area contributed by atoms with E-state index in [-0.39, 0.29) is 23.5 Å². The third-order valence-electron chi connectivity index (χ3n) is 9.20. The minimum Gasteiger partial charge on any atom is -0.463 e. The van der Waals surface area contributed by atoms with Gasteiger partial charge in [0.2, 0.25) is 0 Å². The number of ether oxygens (including phenoxy) is 2. The highest BCUT2D eigenvalue weighted by Crippen LogP contribution is 2.67. The summed E-state index contributed by atoms with van der Waals surface area (Å²) in [7, 11) is 0. The smallest absolute Gasteiger partial charge is 0.307 e. The van der Waals surface area contributed by atoms with Crippen LogP contribution in [0.4, 0.5) is 0 Å². The van der Waals surface area contributed by atoms with Crippen LogP contribution in [0.2, 0.25) is 0 Å². The molecule has 0 aromatic rings. The molecule has 0 aromatic heterocycles. The number of aliphatic hydroxyl groups is 1. The van der Waals surface area contributed by atoms with E-state index in [1.807, 2.05) is 0 Å². The zero-order valence-electron chi connectivity index (χ0n) is 18.3. The largest absolute Gasteiger partial charge is 0.463 e. The van der Waals surface area contributed by atoms with Gasteiger partial charge in [-0.3, -0.25) is 9.59 Å². The molecule has 4 aliphatic rings. The van der Waals surface area contributed by atoms with Crippen LogP contribution in [0.5, 0.6) is 0 Å². The monoisotopic (exact) mass is 404 g/mol. The first kappa shape index (κ1) is 20.9. The minimum absolute atomic E-state index is 0.0857. The standard InChI is InChI=1S/C24H36O5/c1-14(25)28-13-16-11-21-19-6-5-17-12-18(29-15(2)26)7-9-23(17,3)20(19)8-10-24(21,4)22(16)27/h13,17-22,27H,5-12H2,1-4H3/b16-13-/t17-,18-,19+,20-,21-,22-,23-,24-/m0/s1. The Morgan fingerprint density at radius 3 is 2.41 bits per heavy atom. The fourth-order valence-corrected chi connectivity index (χ4v) is 7.69. The van der Waals surface area contributed by atoms with Gasteiger partial charge in [-0.2, -0.15) is 0 Å². The molecule has 0 heterocycles. The zero-order chi connectivity index (χ0) is 21.0. The van der Waals surface area contributed by atoms with Gasteiger partial charge in [0.05, 0.1) is 12.4 Å². The van der Waals surface area contributed by atoms with E-state index in [2.05, 4.69) is 13.8 Å². The summed E-state index contributed by atoms with van der Waals surface area (Å²) in [5.41, 5.74) is 1.07. The van der Waals surface area contributed by atoms with Gasteiger partial charge in [-0.05, 0) is 86.0 Å². The molecule has 5 nitrogen and oxygen atoms in total. The normalized spacial score (nSPS) is 47.7. The minimum atomic E-state index is -0.516. The first-order valence-corrected chi connectivity index (χ1v) is 11.4. The molecule has 5 heteroatoms. The maximum absolute atomic E-state index is 11.4. The second kappa shape index (κ2) is 7.40. The molecule has 0 aliphatic heterocycles. The van der Waals surface area contributed by atoms with Gasteiger partial charge < -0.3 is 14.6 Å². The van der Waals surface area contributed by atoms with Gasteiger partial charge in [-0.15, -0.1) is 0 Å². The van der Waals surface area contributed by atoms with Gasteiger partial charge in [0.25, 0.3) is 0 Å². The molecule has 29 heavy (non-hydrogen) atoms. The van der Waals surface area contributed by atoms with Crippen LogP contribution in [0.15, 0.2) is 11.8 Å². The summed E-state index contributed by atoms with van der Waals surface area (Å²) in [6.45, 7) is 7.62. The molecule has 0 spiro atoms. The van der Waals surface area contributed by atoms with Gasteiger partial charge in [0.1, 0.15) is 6.10 Å². The van der Waals surface area contributed by atoms with E-state index >= 15 is 0 Å². The predicted molar refractivity (Wildman–Crippen MR) is 109 cm³/mol. The molecule has 1 N–H and O–H groups in total. The molecule has 0 saturated heterocycles. The molecule has 4 saturated carbocycles. The number of fused-ring (bicyclic) bond motifs is 5. The molecule has 4 rings (SSSR count). The SMILES string of the molecule is CC(=O)O/C=C1/C[C@H]2[C@@H]3CC[C@H]4C[C@@H](OC(C)=O)CC[C@]4(C)[C@H]3CC[C@]2(C)[C@H]1O. The van der Waals surface area contributed by atoms with E-state index in [0.717, 1.165) is 44.1 Å². The topological polar surface area (TPSA) is 72.8 Å². The lowest BCUT2D eigenvalue weighted by atomic mass is 9.45. The van der Waals surface area contributed by atoms with E-state index in [0.29, 0.717) is 29.1 Å². The van der Waals surface area contributed by atoms with Gasteiger partial charge in [0.15, 0.2) is 0 Å². The molecule has 8 atom stereocenters. The van der Waals surface area contributed by atoms with Crippen LogP contribution < -0.4 is 0 Å². The molecule has 0 unspecified atom stereocenters. The van der Waals surface area contributed by atoms with Crippen molar-refractivity contribution in [3.8, 4) is 0 Å². The van der Waals surface area contributed by atoms with E-state index in [1.165, 1.54) is 33.0 Å². The second-order valence-corrected chi connectivity index (χ2v) is 10.6. The summed E-state index contributed by atoms with van der Waals surface area (Å²) in [6.07, 6.45) is 9.56. The number of aliphatic hydroxyl groups excluding tert-OH is 1. The van der Waals surface area contributed by atoms with Crippen LogP contribution in [0.3, 0.4) is 0 Å². The fourth-order valence-electron chi connectivity index (χ4n) is 7.69. The third kappa shape index (κ3) is 3.43. The average molecular weight is 405 g/mol. The van der Waals surface area contributed by atoms with Crippen molar-refractivity contribution in [2.45, 2.75) is 91.3 Å². The van der Waals surface area contributed by atoms with E-state index in [9.17, 15) is 14.7 Å². The van der Waals surface area contributed by atoms with E-state index in [1.54, 1.807) is 0 Å². The van der Waals surface area contributed by atoms with Crippen molar-refractivity contribution in [1.82, 2.24) is 0 Å². The Labute approximate surface area is 174 Å². The summed E-state index contributed by atoms with van der Waals surface area (Å²) < 4.78 is 10.7. The maximum atomic E-state index is 11.4. The molecule has 0 bridgehead atoms. The average Bonchev–Trinajstić information content (AvgIpc) is 2.91. The maximum Gasteiger partial charge on any atom is 0.307 e. The van der Waals surface area contributed by atoms with Gasteiger partial charge >= 0.3 is 11.9 Å². The Bertz CT molecular complexity index is 714. The highest BCUT2D eigenvalue weighted by atomic mass is 16.5. The van der Waals surface area contributed by atoms with Crippen molar-refractivity contribution in [2.24, 2.45) is 34.5 Å². The Morgan fingerprint density at radius 2 is 1.72 bits per heavy atom. The number of rotatable bonds is 2. The van der Waals surface area contributed by atoms with Crippen molar-refractivity contribution in [3.05, 3.63) is 11.8 Å². The Balaban J connectivity index is 1.54. The lowest BCUT2D eigenvalue weighted by molar-refractivity contribution is -0.161. The van der Waals surface area contributed by atoms with Crippen molar-refractivity contribution in [1.29, 1.82) is 0 Å². The Morgan fingerprint density at radius 1 is 1.00 bits per heavy atom. The van der Waals surface area contributed by atoms with Crippen LogP contribution >= 0.6 is 0 Å². The number of hydrogen-bond donors (Lipinski definition) is 1. The van der Waals surface area contributed by atoms with Crippen LogP contribution in [-0.2, 0) is 19.1 Å². The lowest BCUT2D eigenvalue weighted by Crippen LogP contribution is -2.54. The van der Waals surface area contributed by atoms with E-state index < -0.39 is 6.10 Å². The third-order valence-corrected chi connectivity index (χ3v) is 9.20. The van der Waals surface area contributed by atoms with Crippen molar-refractivity contribution < 1.29 is 24.2 Å². The summed E-state index contributed by atoms with van der Waals surface area (Å²) in [4.78, 5) is 22.7. The molecule has 0 radical (unpaired) electrons. The molecular formula is C24H36O5. The zero-order valence-corrected chi connectivity index (χ0v) is 18.3. The molecule has 4 fully saturated rings. The highest BCUT2D eigenvalue weighted by molar-refractivity contribution is 5.66. The van der Waals surface area contributed by atoms with Gasteiger partial charge in [0, 0.05) is 19.3 Å². The van der Waals surface area contributed by atoms with E-state index in [4.69, 9.17) is 9.47 Å². The summed E-state index contributed by atoms with van der Waals surface area (Å²) in [6, 6.07) is 0. The van der Waals surface area contributed by atoms with Gasteiger partial charge in [-0.25, -0.2) is 0 Å². The number of carbonyl (C=O) groups is 2. The van der Waals surface area contributed by atoms with Crippen LogP contribution in [0, 0.1) is 34.5 Å². The molecule has 0 aromatic carbocycles. The molecule has 4 aliphatic carbocycles. The highest BCUT2D eigenvalue weighted by Gasteiger charge is 2.61. The second-order valence-electron chi connectivity index (χ2n) is 10.6. The van der Waals surface area contributed by atoms with Crippen molar-refractivity contribution in [3.63, 3.8) is 0 Å². The van der Waals surface area contributed by atoms with Crippen LogP contribution in [0.1, 0.15) is 79.1 Å². The van der Waals surface area contributed by atoms with Gasteiger partial charge in [-0.1, -0.05) is 13.8 Å². The number of esters is 2. The fraction of sp³-hybridized carbons (Fsp3) is 0.833.